The molecule has 3 aromatic carbocycles. The summed E-state index contributed by atoms with van der Waals surface area (Å²) in [6, 6.07) is 21.8. The average molecular weight is 389 g/mol. The molecule has 0 radical (unpaired) electrons. The summed E-state index contributed by atoms with van der Waals surface area (Å²) in [6.07, 6.45) is 0. The summed E-state index contributed by atoms with van der Waals surface area (Å²) in [4.78, 5) is 12.8. The molecule has 0 fully saturated rings. The Kier molecular flexibility index (Phi) is 5.08. The number of carbonyl (C=O) groups is 1. The number of nitrogens with one attached hydrogen (secondary N) is 1. The zero-order valence-electron chi connectivity index (χ0n) is 15.5. The van der Waals surface area contributed by atoms with Crippen LogP contribution in [0.4, 0.5) is 5.69 Å². The first-order valence-corrected chi connectivity index (χ1v) is 9.80. The van der Waals surface area contributed by atoms with Crippen LogP contribution in [-0.4, -0.2) is 31.4 Å². The quantitative estimate of drug-likeness (QED) is 0.517. The van der Waals surface area contributed by atoms with Crippen molar-refractivity contribution in [2.45, 2.75) is 24.3 Å². The van der Waals surface area contributed by atoms with E-state index in [2.05, 4.69) is 20.8 Å². The Morgan fingerprint density at radius 1 is 1.04 bits per heavy atom. The van der Waals surface area contributed by atoms with Gasteiger partial charge in [-0.15, -0.1) is 5.10 Å². The predicted octanol–water partition coefficient (Wildman–Crippen LogP) is 4.24. The van der Waals surface area contributed by atoms with E-state index >= 15 is 0 Å². The highest BCUT2D eigenvalue weighted by Crippen LogP contribution is 2.26. The number of anilines is 1. The van der Waals surface area contributed by atoms with Gasteiger partial charge in [0.1, 0.15) is 0 Å². The molecule has 140 valence electrons. The third kappa shape index (κ3) is 3.75. The smallest absolute Gasteiger partial charge is 0.237 e. The van der Waals surface area contributed by atoms with Gasteiger partial charge in [-0.2, -0.15) is 4.68 Å². The van der Waals surface area contributed by atoms with Crippen LogP contribution < -0.4 is 5.32 Å². The fraction of sp³-hybridized carbons (Fsp3) is 0.143. The number of amides is 1. The van der Waals surface area contributed by atoms with E-state index in [1.54, 1.807) is 4.68 Å². The number of fused-ring (bicyclic) bond motifs is 1. The molecule has 6 nitrogen and oxygen atoms in total. The van der Waals surface area contributed by atoms with Crippen LogP contribution in [0.2, 0.25) is 0 Å². The number of hydrogen-bond acceptors (Lipinski definition) is 5. The molecule has 1 amide bonds. The lowest BCUT2D eigenvalue weighted by Gasteiger charge is -2.13. The summed E-state index contributed by atoms with van der Waals surface area (Å²) in [5.41, 5.74) is 2.82. The highest BCUT2D eigenvalue weighted by Gasteiger charge is 2.20. The topological polar surface area (TPSA) is 72.7 Å². The molecule has 1 N–H and O–H groups in total. The van der Waals surface area contributed by atoms with E-state index in [0.717, 1.165) is 27.7 Å². The molecule has 1 atom stereocenters. The minimum Gasteiger partial charge on any atom is -0.325 e. The van der Waals surface area contributed by atoms with Crippen LogP contribution in [0.15, 0.2) is 71.9 Å². The van der Waals surface area contributed by atoms with Gasteiger partial charge in [-0.25, -0.2) is 0 Å². The first-order chi connectivity index (χ1) is 13.6. The van der Waals surface area contributed by atoms with Crippen LogP contribution in [0.3, 0.4) is 0 Å². The fourth-order valence-corrected chi connectivity index (χ4v) is 3.69. The molecule has 1 heterocycles. The number of carbonyl (C=O) groups excluding carboxylic acids is 1. The SMILES string of the molecule is Cc1ccc(-n2nnnc2S[C@H](C)C(=O)Nc2cccc3ccccc23)cc1. The Labute approximate surface area is 167 Å². The van der Waals surface area contributed by atoms with Crippen molar-refractivity contribution in [1.82, 2.24) is 20.2 Å². The van der Waals surface area contributed by atoms with Gasteiger partial charge in [0.25, 0.3) is 0 Å². The maximum absolute atomic E-state index is 12.8. The molecule has 0 saturated carbocycles. The molecule has 0 spiro atoms. The van der Waals surface area contributed by atoms with Gasteiger partial charge in [0.15, 0.2) is 0 Å². The number of nitrogens with zero attached hydrogens (tertiary/aromatic N) is 4. The molecule has 0 unspecified atom stereocenters. The van der Waals surface area contributed by atoms with Gasteiger partial charge in [0.05, 0.1) is 10.9 Å². The molecule has 0 aliphatic heterocycles. The van der Waals surface area contributed by atoms with Gasteiger partial charge in [-0.3, -0.25) is 4.79 Å². The second-order valence-electron chi connectivity index (χ2n) is 6.48. The minimum absolute atomic E-state index is 0.0974. The Balaban J connectivity index is 1.51. The van der Waals surface area contributed by atoms with Gasteiger partial charge >= 0.3 is 0 Å². The zero-order chi connectivity index (χ0) is 19.5. The van der Waals surface area contributed by atoms with E-state index in [0.29, 0.717) is 5.16 Å². The molecule has 0 bridgehead atoms. The molecule has 7 heteroatoms. The molecular weight excluding hydrogens is 370 g/mol. The van der Waals surface area contributed by atoms with Crippen LogP contribution >= 0.6 is 11.8 Å². The number of benzene rings is 3. The number of aryl methyl sites for hydroxylation is 1. The van der Waals surface area contributed by atoms with Crippen molar-refractivity contribution < 1.29 is 4.79 Å². The van der Waals surface area contributed by atoms with Crippen molar-refractivity contribution in [1.29, 1.82) is 0 Å². The van der Waals surface area contributed by atoms with Crippen molar-refractivity contribution in [3.63, 3.8) is 0 Å². The van der Waals surface area contributed by atoms with Crippen molar-refractivity contribution in [2.75, 3.05) is 5.32 Å². The normalized spacial score (nSPS) is 12.1. The van der Waals surface area contributed by atoms with Crippen molar-refractivity contribution in [3.8, 4) is 5.69 Å². The number of rotatable bonds is 5. The van der Waals surface area contributed by atoms with Gasteiger partial charge in [-0.05, 0) is 47.9 Å². The Morgan fingerprint density at radius 3 is 2.61 bits per heavy atom. The van der Waals surface area contributed by atoms with Gasteiger partial charge in [0.2, 0.25) is 11.1 Å². The molecular formula is C21H19N5OS. The maximum Gasteiger partial charge on any atom is 0.237 e. The van der Waals surface area contributed by atoms with Crippen LogP contribution in [-0.2, 0) is 4.79 Å². The van der Waals surface area contributed by atoms with E-state index < -0.39 is 0 Å². The van der Waals surface area contributed by atoms with Gasteiger partial charge in [0, 0.05) is 11.1 Å². The van der Waals surface area contributed by atoms with Crippen molar-refractivity contribution in [2.24, 2.45) is 0 Å². The highest BCUT2D eigenvalue weighted by molar-refractivity contribution is 8.00. The predicted molar refractivity (Wildman–Crippen MR) is 112 cm³/mol. The van der Waals surface area contributed by atoms with Crippen LogP contribution in [0.5, 0.6) is 0 Å². The van der Waals surface area contributed by atoms with E-state index in [-0.39, 0.29) is 11.2 Å². The summed E-state index contributed by atoms with van der Waals surface area (Å²) in [7, 11) is 0. The van der Waals surface area contributed by atoms with Crippen LogP contribution in [0.1, 0.15) is 12.5 Å². The van der Waals surface area contributed by atoms with E-state index in [1.165, 1.54) is 11.8 Å². The lowest BCUT2D eigenvalue weighted by molar-refractivity contribution is -0.115. The molecule has 4 aromatic rings. The van der Waals surface area contributed by atoms with E-state index in [4.69, 9.17) is 0 Å². The molecule has 0 aliphatic rings. The van der Waals surface area contributed by atoms with Gasteiger partial charge in [-0.1, -0.05) is 65.9 Å². The first-order valence-electron chi connectivity index (χ1n) is 8.92. The molecule has 1 aromatic heterocycles. The number of tetrazole rings is 1. The van der Waals surface area contributed by atoms with Crippen LogP contribution in [0.25, 0.3) is 16.5 Å². The van der Waals surface area contributed by atoms with Crippen molar-refractivity contribution >= 4 is 34.1 Å². The Hall–Kier alpha value is -3.19. The Morgan fingerprint density at radius 2 is 1.79 bits per heavy atom. The lowest BCUT2D eigenvalue weighted by Crippen LogP contribution is -2.23. The summed E-state index contributed by atoms with van der Waals surface area (Å²) in [5.74, 6) is -0.0974. The lowest BCUT2D eigenvalue weighted by atomic mass is 10.1. The average Bonchev–Trinajstić information content (AvgIpc) is 3.17. The fourth-order valence-electron chi connectivity index (χ4n) is 2.88. The molecule has 4 rings (SSSR count). The van der Waals surface area contributed by atoms with E-state index in [1.807, 2.05) is 80.6 Å². The third-order valence-electron chi connectivity index (χ3n) is 4.42. The molecule has 0 aliphatic carbocycles. The summed E-state index contributed by atoms with van der Waals surface area (Å²) >= 11 is 1.32. The van der Waals surface area contributed by atoms with Gasteiger partial charge < -0.3 is 5.32 Å². The van der Waals surface area contributed by atoms with E-state index in [9.17, 15) is 4.79 Å². The zero-order valence-corrected chi connectivity index (χ0v) is 16.4. The summed E-state index contributed by atoms with van der Waals surface area (Å²) < 4.78 is 1.64. The van der Waals surface area contributed by atoms with Crippen molar-refractivity contribution in [3.05, 3.63) is 72.3 Å². The first kappa shape index (κ1) is 18.2. The maximum atomic E-state index is 12.8. The third-order valence-corrected chi connectivity index (χ3v) is 5.45. The van der Waals surface area contributed by atoms with Crippen LogP contribution in [0, 0.1) is 6.92 Å². The second kappa shape index (κ2) is 7.82. The highest BCUT2D eigenvalue weighted by atomic mass is 32.2. The number of aromatic nitrogens is 4. The summed E-state index contributed by atoms with van der Waals surface area (Å²) in [5, 5.41) is 17.2. The largest absolute Gasteiger partial charge is 0.325 e. The summed E-state index contributed by atoms with van der Waals surface area (Å²) in [6.45, 7) is 3.87. The molecule has 28 heavy (non-hydrogen) atoms. The molecule has 0 saturated heterocycles. The number of hydrogen-bond donors (Lipinski definition) is 1. The minimum atomic E-state index is -0.367. The monoisotopic (exact) mass is 389 g/mol. The second-order valence-corrected chi connectivity index (χ2v) is 7.79. The number of thioether (sulfide) groups is 1. The standard InChI is InChI=1S/C21H19N5OS/c1-14-10-12-17(13-11-14)26-21(23-24-25-26)28-15(2)20(27)22-19-9-5-7-16-6-3-4-8-18(16)19/h3-13,15H,1-2H3,(H,22,27)/t15-/m1/s1. The Bertz CT molecular complexity index is 1120.